The minimum atomic E-state index is -4.44. The third kappa shape index (κ3) is 4.35. The summed E-state index contributed by atoms with van der Waals surface area (Å²) in [7, 11) is 0. The quantitative estimate of drug-likeness (QED) is 0.573. The molecule has 0 radical (unpaired) electrons. The van der Waals surface area contributed by atoms with Crippen LogP contribution in [-0.4, -0.2) is 53.7 Å². The van der Waals surface area contributed by atoms with Crippen molar-refractivity contribution in [2.45, 2.75) is 13.1 Å². The van der Waals surface area contributed by atoms with E-state index >= 15 is 0 Å². The van der Waals surface area contributed by atoms with Gasteiger partial charge in [-0.3, -0.25) is 4.79 Å². The van der Waals surface area contributed by atoms with Crippen molar-refractivity contribution in [1.82, 2.24) is 14.9 Å². The molecule has 0 atom stereocenters. The number of ether oxygens (including phenoxy) is 2. The van der Waals surface area contributed by atoms with Crippen LogP contribution >= 0.6 is 0 Å². The van der Waals surface area contributed by atoms with Gasteiger partial charge in [-0.15, -0.1) is 0 Å². The lowest BCUT2D eigenvalue weighted by Gasteiger charge is -2.35. The van der Waals surface area contributed by atoms with E-state index < -0.39 is 11.7 Å². The van der Waals surface area contributed by atoms with E-state index in [4.69, 9.17) is 9.47 Å². The second-order valence-corrected chi connectivity index (χ2v) is 8.12. The summed E-state index contributed by atoms with van der Waals surface area (Å²) in [5.41, 5.74) is 0.738. The number of nitrogens with zero attached hydrogens (tertiary/aromatic N) is 4. The molecule has 3 aromatic rings. The Balaban J connectivity index is 1.31. The number of aromatic nitrogens is 2. The number of piperazine rings is 1. The lowest BCUT2D eigenvalue weighted by molar-refractivity contribution is -0.137. The maximum absolute atomic E-state index is 13.1. The highest BCUT2D eigenvalue weighted by molar-refractivity contribution is 5.95. The smallest absolute Gasteiger partial charge is 0.416 e. The normalized spacial score (nSPS) is 15.5. The van der Waals surface area contributed by atoms with Crippen LogP contribution in [0.4, 0.5) is 19.0 Å². The Bertz CT molecular complexity index is 1240. The molecule has 3 heterocycles. The maximum atomic E-state index is 13.1. The van der Waals surface area contributed by atoms with Gasteiger partial charge in [-0.1, -0.05) is 12.1 Å². The molecule has 176 valence electrons. The number of benzene rings is 2. The Labute approximate surface area is 193 Å². The molecule has 1 amide bonds. The molecule has 0 N–H and O–H groups in total. The molecule has 34 heavy (non-hydrogen) atoms. The zero-order valence-electron chi connectivity index (χ0n) is 18.3. The fourth-order valence-electron chi connectivity index (χ4n) is 4.03. The highest BCUT2D eigenvalue weighted by Crippen LogP contribution is 2.33. The number of alkyl halides is 3. The molecule has 2 aliphatic heterocycles. The number of amides is 1. The van der Waals surface area contributed by atoms with Crippen LogP contribution in [0.15, 0.2) is 48.5 Å². The van der Waals surface area contributed by atoms with Gasteiger partial charge in [-0.05, 0) is 37.3 Å². The topological polar surface area (TPSA) is 67.8 Å². The standard InChI is InChI=1S/C24H21F3N4O3/c1-15-11-21(29-22(28-15)16-3-2-4-18(12-16)24(25,26)27)30-7-9-31(10-8-30)23(32)17-5-6-19-20(13-17)34-14-33-19/h2-6,11-13H,7-10,14H2,1H3. The first-order valence-electron chi connectivity index (χ1n) is 10.7. The van der Waals surface area contributed by atoms with Gasteiger partial charge in [0, 0.05) is 49.1 Å². The van der Waals surface area contributed by atoms with Gasteiger partial charge in [0.05, 0.1) is 5.56 Å². The van der Waals surface area contributed by atoms with Crippen LogP contribution in [-0.2, 0) is 6.18 Å². The van der Waals surface area contributed by atoms with Crippen LogP contribution in [0.3, 0.4) is 0 Å². The Hall–Kier alpha value is -3.82. The molecule has 0 unspecified atom stereocenters. The van der Waals surface area contributed by atoms with Gasteiger partial charge in [0.2, 0.25) is 6.79 Å². The molecular weight excluding hydrogens is 449 g/mol. The molecule has 1 saturated heterocycles. The average molecular weight is 470 g/mol. The number of hydrogen-bond donors (Lipinski definition) is 0. The van der Waals surface area contributed by atoms with Crippen molar-refractivity contribution in [2.24, 2.45) is 0 Å². The van der Waals surface area contributed by atoms with E-state index in [2.05, 4.69) is 9.97 Å². The van der Waals surface area contributed by atoms with Crippen molar-refractivity contribution in [2.75, 3.05) is 37.9 Å². The molecule has 7 nitrogen and oxygen atoms in total. The lowest BCUT2D eigenvalue weighted by atomic mass is 10.1. The third-order valence-electron chi connectivity index (χ3n) is 5.80. The van der Waals surface area contributed by atoms with Crippen molar-refractivity contribution in [3.05, 3.63) is 65.4 Å². The molecule has 1 fully saturated rings. The third-order valence-corrected chi connectivity index (χ3v) is 5.80. The summed E-state index contributed by atoms with van der Waals surface area (Å²) in [6, 6.07) is 11.9. The van der Waals surface area contributed by atoms with Gasteiger partial charge in [0.25, 0.3) is 5.91 Å². The van der Waals surface area contributed by atoms with Crippen molar-refractivity contribution < 1.29 is 27.4 Å². The summed E-state index contributed by atoms with van der Waals surface area (Å²) in [6.45, 7) is 3.96. The van der Waals surface area contributed by atoms with E-state index in [1.165, 1.54) is 6.07 Å². The summed E-state index contributed by atoms with van der Waals surface area (Å²) < 4.78 is 50.0. The molecule has 0 saturated carbocycles. The van der Waals surface area contributed by atoms with E-state index in [1.54, 1.807) is 42.2 Å². The molecule has 2 aromatic carbocycles. The summed E-state index contributed by atoms with van der Waals surface area (Å²) in [5.74, 6) is 1.94. The van der Waals surface area contributed by atoms with Gasteiger partial charge in [0.1, 0.15) is 5.82 Å². The predicted octanol–water partition coefficient (Wildman–Crippen LogP) is 4.16. The van der Waals surface area contributed by atoms with Crippen LogP contribution in [0.1, 0.15) is 21.6 Å². The van der Waals surface area contributed by atoms with Crippen molar-refractivity contribution in [1.29, 1.82) is 0 Å². The number of carbonyl (C=O) groups is 1. The van der Waals surface area contributed by atoms with Gasteiger partial charge in [-0.2, -0.15) is 13.2 Å². The van der Waals surface area contributed by atoms with Crippen LogP contribution < -0.4 is 14.4 Å². The molecule has 10 heteroatoms. The average Bonchev–Trinajstić information content (AvgIpc) is 3.31. The number of hydrogen-bond acceptors (Lipinski definition) is 6. The minimum absolute atomic E-state index is 0.0959. The maximum Gasteiger partial charge on any atom is 0.416 e. The fraction of sp³-hybridized carbons (Fsp3) is 0.292. The first-order valence-corrected chi connectivity index (χ1v) is 10.7. The van der Waals surface area contributed by atoms with Gasteiger partial charge >= 0.3 is 6.18 Å². The molecule has 5 rings (SSSR count). The second kappa shape index (κ2) is 8.51. The van der Waals surface area contributed by atoms with Crippen LogP contribution in [0.5, 0.6) is 11.5 Å². The minimum Gasteiger partial charge on any atom is -0.454 e. The Morgan fingerprint density at radius 3 is 2.47 bits per heavy atom. The number of rotatable bonds is 3. The molecule has 0 spiro atoms. The van der Waals surface area contributed by atoms with E-state index in [1.807, 2.05) is 4.90 Å². The predicted molar refractivity (Wildman–Crippen MR) is 118 cm³/mol. The van der Waals surface area contributed by atoms with Gasteiger partial charge in [-0.25, -0.2) is 9.97 Å². The zero-order chi connectivity index (χ0) is 23.9. The Morgan fingerprint density at radius 1 is 0.941 bits per heavy atom. The lowest BCUT2D eigenvalue weighted by Crippen LogP contribution is -2.49. The van der Waals surface area contributed by atoms with E-state index in [-0.39, 0.29) is 18.5 Å². The number of anilines is 1. The number of aryl methyl sites for hydroxylation is 1. The molecular formula is C24H21F3N4O3. The summed E-state index contributed by atoms with van der Waals surface area (Å²) in [4.78, 5) is 25.6. The summed E-state index contributed by atoms with van der Waals surface area (Å²) in [6.07, 6.45) is -4.44. The monoisotopic (exact) mass is 470 g/mol. The van der Waals surface area contributed by atoms with E-state index in [0.29, 0.717) is 60.3 Å². The zero-order valence-corrected chi connectivity index (χ0v) is 18.3. The SMILES string of the molecule is Cc1cc(N2CCN(C(=O)c3ccc4c(c3)OCO4)CC2)nc(-c2cccc(C(F)(F)F)c2)n1. The van der Waals surface area contributed by atoms with Gasteiger partial charge < -0.3 is 19.3 Å². The Morgan fingerprint density at radius 2 is 1.71 bits per heavy atom. The number of carbonyl (C=O) groups excluding carboxylic acids is 1. The Kier molecular flexibility index (Phi) is 5.51. The highest BCUT2D eigenvalue weighted by Gasteiger charge is 2.31. The van der Waals surface area contributed by atoms with Crippen LogP contribution in [0.2, 0.25) is 0 Å². The first-order chi connectivity index (χ1) is 16.3. The molecule has 1 aromatic heterocycles. The second-order valence-electron chi connectivity index (χ2n) is 8.12. The first kappa shape index (κ1) is 22.0. The van der Waals surface area contributed by atoms with Crippen LogP contribution in [0.25, 0.3) is 11.4 Å². The van der Waals surface area contributed by atoms with Crippen LogP contribution in [0, 0.1) is 6.92 Å². The number of halogens is 3. The number of fused-ring (bicyclic) bond motifs is 1. The highest BCUT2D eigenvalue weighted by atomic mass is 19.4. The summed E-state index contributed by atoms with van der Waals surface area (Å²) >= 11 is 0. The summed E-state index contributed by atoms with van der Waals surface area (Å²) in [5, 5.41) is 0. The van der Waals surface area contributed by atoms with Crippen molar-refractivity contribution >= 4 is 11.7 Å². The van der Waals surface area contributed by atoms with E-state index in [0.717, 1.165) is 12.1 Å². The molecule has 0 bridgehead atoms. The molecule has 2 aliphatic rings. The molecule has 0 aliphatic carbocycles. The van der Waals surface area contributed by atoms with E-state index in [9.17, 15) is 18.0 Å². The fourth-order valence-corrected chi connectivity index (χ4v) is 4.03. The van der Waals surface area contributed by atoms with Crippen molar-refractivity contribution in [3.8, 4) is 22.9 Å². The van der Waals surface area contributed by atoms with Crippen molar-refractivity contribution in [3.63, 3.8) is 0 Å². The van der Waals surface area contributed by atoms with Gasteiger partial charge in [0.15, 0.2) is 17.3 Å². The largest absolute Gasteiger partial charge is 0.454 e.